The predicted molar refractivity (Wildman–Crippen MR) is 76.6 cm³/mol. The van der Waals surface area contributed by atoms with Crippen molar-refractivity contribution in [2.24, 2.45) is 5.92 Å². The molecule has 19 heavy (non-hydrogen) atoms. The Morgan fingerprint density at radius 2 is 2.00 bits per heavy atom. The van der Waals surface area contributed by atoms with E-state index in [2.05, 4.69) is 43.3 Å². The number of hydrogen-bond donors (Lipinski definition) is 2. The molecule has 0 spiro atoms. The monoisotopic (exact) mass is 266 g/mol. The van der Waals surface area contributed by atoms with E-state index in [0.29, 0.717) is 18.5 Å². The summed E-state index contributed by atoms with van der Waals surface area (Å²) in [4.78, 5) is 16.1. The molecular formula is C14H26N4O. The van der Waals surface area contributed by atoms with Crippen LogP contribution in [0.1, 0.15) is 40.3 Å². The van der Waals surface area contributed by atoms with Crippen LogP contribution in [0.5, 0.6) is 0 Å². The van der Waals surface area contributed by atoms with E-state index in [1.807, 2.05) is 17.7 Å². The van der Waals surface area contributed by atoms with Crippen molar-refractivity contribution >= 4 is 5.91 Å². The minimum absolute atomic E-state index is 0.0296. The third-order valence-corrected chi connectivity index (χ3v) is 3.09. The van der Waals surface area contributed by atoms with Gasteiger partial charge in [-0.05, 0) is 12.8 Å². The van der Waals surface area contributed by atoms with Gasteiger partial charge in [-0.3, -0.25) is 4.79 Å². The molecule has 0 saturated carbocycles. The second kappa shape index (κ2) is 7.28. The average Bonchev–Trinajstić information content (AvgIpc) is 2.73. The van der Waals surface area contributed by atoms with Crippen molar-refractivity contribution in [1.82, 2.24) is 20.2 Å². The zero-order chi connectivity index (χ0) is 14.4. The second-order valence-corrected chi connectivity index (χ2v) is 5.67. The molecule has 0 aliphatic heterocycles. The first kappa shape index (κ1) is 15.7. The Morgan fingerprint density at radius 1 is 1.32 bits per heavy atom. The fraction of sp³-hybridized carbons (Fsp3) is 0.714. The molecule has 0 saturated heterocycles. The maximum Gasteiger partial charge on any atom is 0.240 e. The lowest BCUT2D eigenvalue weighted by Gasteiger charge is -2.17. The molecule has 5 heteroatoms. The molecule has 0 aliphatic rings. The van der Waals surface area contributed by atoms with E-state index >= 15 is 0 Å². The van der Waals surface area contributed by atoms with E-state index in [0.717, 1.165) is 12.2 Å². The van der Waals surface area contributed by atoms with Crippen LogP contribution < -0.4 is 10.6 Å². The Balaban J connectivity index is 2.42. The first-order valence-electron chi connectivity index (χ1n) is 6.92. The van der Waals surface area contributed by atoms with Crippen molar-refractivity contribution in [3.05, 3.63) is 18.2 Å². The first-order chi connectivity index (χ1) is 8.88. The fourth-order valence-electron chi connectivity index (χ4n) is 1.52. The minimum atomic E-state index is 0.0296. The van der Waals surface area contributed by atoms with Crippen molar-refractivity contribution in [3.8, 4) is 0 Å². The van der Waals surface area contributed by atoms with Crippen molar-refractivity contribution < 1.29 is 4.79 Å². The van der Waals surface area contributed by atoms with Crippen LogP contribution >= 0.6 is 0 Å². The van der Waals surface area contributed by atoms with Crippen LogP contribution in [0.3, 0.4) is 0 Å². The summed E-state index contributed by atoms with van der Waals surface area (Å²) in [6.45, 7) is 11.5. The number of aromatic nitrogens is 2. The van der Waals surface area contributed by atoms with Crippen LogP contribution in [0.25, 0.3) is 0 Å². The number of nitrogens with zero attached hydrogens (tertiary/aromatic N) is 2. The van der Waals surface area contributed by atoms with Crippen LogP contribution in [0.4, 0.5) is 0 Å². The van der Waals surface area contributed by atoms with Crippen molar-refractivity contribution in [1.29, 1.82) is 0 Å². The highest BCUT2D eigenvalue weighted by Crippen LogP contribution is 2.01. The standard InChI is InChI=1S/C14H26N4O/c1-10(2)12(5)17-14(19)8-18-7-13(16-9-18)6-15-11(3)4/h7,9-12,15H,6,8H2,1-5H3,(H,17,19). The number of carbonyl (C=O) groups is 1. The van der Waals surface area contributed by atoms with Gasteiger partial charge in [0.1, 0.15) is 6.54 Å². The summed E-state index contributed by atoms with van der Waals surface area (Å²) >= 11 is 0. The summed E-state index contributed by atoms with van der Waals surface area (Å²) in [5.41, 5.74) is 0.957. The molecule has 0 bridgehead atoms. The molecule has 5 nitrogen and oxygen atoms in total. The van der Waals surface area contributed by atoms with Gasteiger partial charge in [0.15, 0.2) is 0 Å². The number of rotatable bonds is 7. The Hall–Kier alpha value is -1.36. The first-order valence-corrected chi connectivity index (χ1v) is 6.92. The molecule has 1 heterocycles. The third kappa shape index (κ3) is 5.87. The summed E-state index contributed by atoms with van der Waals surface area (Å²) in [7, 11) is 0. The van der Waals surface area contributed by atoms with Gasteiger partial charge in [-0.25, -0.2) is 4.98 Å². The van der Waals surface area contributed by atoms with Crippen LogP contribution in [0.2, 0.25) is 0 Å². The van der Waals surface area contributed by atoms with Crippen LogP contribution in [-0.4, -0.2) is 27.5 Å². The number of hydrogen-bond acceptors (Lipinski definition) is 3. The quantitative estimate of drug-likeness (QED) is 0.787. The maximum atomic E-state index is 11.8. The van der Waals surface area contributed by atoms with Gasteiger partial charge in [0, 0.05) is 24.8 Å². The lowest BCUT2D eigenvalue weighted by molar-refractivity contribution is -0.122. The summed E-state index contributed by atoms with van der Waals surface area (Å²) in [5.74, 6) is 0.472. The average molecular weight is 266 g/mol. The molecule has 1 unspecified atom stereocenters. The van der Waals surface area contributed by atoms with E-state index in [1.165, 1.54) is 0 Å². The highest BCUT2D eigenvalue weighted by molar-refractivity contribution is 5.76. The smallest absolute Gasteiger partial charge is 0.240 e. The Bertz CT molecular complexity index is 398. The zero-order valence-corrected chi connectivity index (χ0v) is 12.6. The third-order valence-electron chi connectivity index (χ3n) is 3.09. The molecule has 0 aromatic carbocycles. The molecule has 0 radical (unpaired) electrons. The van der Waals surface area contributed by atoms with Gasteiger partial charge in [0.2, 0.25) is 5.91 Å². The molecule has 1 aromatic rings. The number of nitrogens with one attached hydrogen (secondary N) is 2. The van der Waals surface area contributed by atoms with Gasteiger partial charge in [-0.2, -0.15) is 0 Å². The van der Waals surface area contributed by atoms with E-state index in [1.54, 1.807) is 6.33 Å². The molecule has 1 amide bonds. The van der Waals surface area contributed by atoms with E-state index < -0.39 is 0 Å². The maximum absolute atomic E-state index is 11.8. The number of imidazole rings is 1. The van der Waals surface area contributed by atoms with Crippen molar-refractivity contribution in [2.75, 3.05) is 0 Å². The molecule has 108 valence electrons. The lowest BCUT2D eigenvalue weighted by atomic mass is 10.1. The van der Waals surface area contributed by atoms with E-state index in [4.69, 9.17) is 0 Å². The lowest BCUT2D eigenvalue weighted by Crippen LogP contribution is -2.37. The van der Waals surface area contributed by atoms with Crippen LogP contribution in [0, 0.1) is 5.92 Å². The van der Waals surface area contributed by atoms with Crippen LogP contribution in [0.15, 0.2) is 12.5 Å². The fourth-order valence-corrected chi connectivity index (χ4v) is 1.52. The predicted octanol–water partition coefficient (Wildman–Crippen LogP) is 1.54. The molecule has 0 aliphatic carbocycles. The molecule has 1 aromatic heterocycles. The summed E-state index contributed by atoms with van der Waals surface area (Å²) in [6.07, 6.45) is 3.62. The normalized spacial score (nSPS) is 13.0. The van der Waals surface area contributed by atoms with E-state index in [9.17, 15) is 4.79 Å². The summed E-state index contributed by atoms with van der Waals surface area (Å²) in [5, 5.41) is 6.28. The van der Waals surface area contributed by atoms with Gasteiger partial charge in [0.05, 0.1) is 12.0 Å². The highest BCUT2D eigenvalue weighted by Gasteiger charge is 2.11. The molecule has 1 atom stereocenters. The summed E-state index contributed by atoms with van der Waals surface area (Å²) in [6, 6.07) is 0.624. The largest absolute Gasteiger partial charge is 0.352 e. The van der Waals surface area contributed by atoms with Gasteiger partial charge < -0.3 is 15.2 Å². The van der Waals surface area contributed by atoms with Gasteiger partial charge >= 0.3 is 0 Å². The summed E-state index contributed by atoms with van der Waals surface area (Å²) < 4.78 is 1.82. The molecule has 1 rings (SSSR count). The van der Waals surface area contributed by atoms with E-state index in [-0.39, 0.29) is 11.9 Å². The van der Waals surface area contributed by atoms with Gasteiger partial charge in [-0.15, -0.1) is 0 Å². The Labute approximate surface area is 115 Å². The highest BCUT2D eigenvalue weighted by atomic mass is 16.2. The topological polar surface area (TPSA) is 59.0 Å². The van der Waals surface area contributed by atoms with Gasteiger partial charge in [0.25, 0.3) is 0 Å². The van der Waals surface area contributed by atoms with Crippen LogP contribution in [-0.2, 0) is 17.9 Å². The Kier molecular flexibility index (Phi) is 6.02. The van der Waals surface area contributed by atoms with Gasteiger partial charge in [-0.1, -0.05) is 27.7 Å². The minimum Gasteiger partial charge on any atom is -0.352 e. The Morgan fingerprint density at radius 3 is 2.58 bits per heavy atom. The van der Waals surface area contributed by atoms with Crippen molar-refractivity contribution in [2.45, 2.75) is 59.8 Å². The molecule has 2 N–H and O–H groups in total. The number of carbonyl (C=O) groups excluding carboxylic acids is 1. The second-order valence-electron chi connectivity index (χ2n) is 5.67. The molecular weight excluding hydrogens is 240 g/mol. The SMILES string of the molecule is CC(C)NCc1cn(CC(=O)NC(C)C(C)C)cn1. The molecule has 0 fully saturated rings. The number of amides is 1. The van der Waals surface area contributed by atoms with Crippen molar-refractivity contribution in [3.63, 3.8) is 0 Å². The zero-order valence-electron chi connectivity index (χ0n) is 12.6.